The van der Waals surface area contributed by atoms with Gasteiger partial charge in [-0.2, -0.15) is 0 Å². The monoisotopic (exact) mass is 261 g/mol. The van der Waals surface area contributed by atoms with Crippen molar-refractivity contribution >= 4 is 0 Å². The molecule has 0 unspecified atom stereocenters. The van der Waals surface area contributed by atoms with Crippen LogP contribution in [0, 0.1) is 17.7 Å². The van der Waals surface area contributed by atoms with Crippen LogP contribution in [0.3, 0.4) is 0 Å². The fourth-order valence-corrected chi connectivity index (χ4v) is 1.47. The van der Waals surface area contributed by atoms with E-state index >= 15 is 0 Å². The van der Waals surface area contributed by atoms with Crippen LogP contribution in [-0.4, -0.2) is 26.7 Å². The number of ether oxygens (including phenoxy) is 1. The first-order valence-corrected chi connectivity index (χ1v) is 5.56. The largest absolute Gasteiger partial charge is 0.486 e. The summed E-state index contributed by atoms with van der Waals surface area (Å²) in [6.07, 6.45) is 1.71. The molecule has 0 atom stereocenters. The summed E-state index contributed by atoms with van der Waals surface area (Å²) in [5.74, 6) is 5.09. The van der Waals surface area contributed by atoms with Crippen LogP contribution >= 0.6 is 0 Å². The lowest BCUT2D eigenvalue weighted by Crippen LogP contribution is -1.98. The molecule has 98 valence electrons. The zero-order valence-electron chi connectivity index (χ0n) is 10.3. The molecule has 0 aliphatic rings. The Balaban J connectivity index is 2.16. The van der Waals surface area contributed by atoms with Crippen LogP contribution in [0.1, 0.15) is 11.3 Å². The van der Waals surface area contributed by atoms with E-state index in [1.807, 2.05) is 0 Å². The van der Waals surface area contributed by atoms with Gasteiger partial charge in [0.1, 0.15) is 30.5 Å². The minimum Gasteiger partial charge on any atom is -0.486 e. The zero-order chi connectivity index (χ0) is 13.7. The van der Waals surface area contributed by atoms with Gasteiger partial charge >= 0.3 is 0 Å². The molecule has 0 amide bonds. The van der Waals surface area contributed by atoms with Crippen molar-refractivity contribution in [2.75, 3.05) is 6.61 Å². The lowest BCUT2D eigenvalue weighted by Gasteiger charge is -2.06. The van der Waals surface area contributed by atoms with Crippen molar-refractivity contribution in [3.8, 4) is 17.6 Å². The molecule has 0 aliphatic heterocycles. The maximum Gasteiger partial charge on any atom is 0.138 e. The average Bonchev–Trinajstić information content (AvgIpc) is 2.81. The quantitative estimate of drug-likeness (QED) is 0.833. The van der Waals surface area contributed by atoms with E-state index in [1.165, 1.54) is 18.2 Å². The number of aryl methyl sites for hydroxylation is 1. The fourth-order valence-electron chi connectivity index (χ4n) is 1.47. The van der Waals surface area contributed by atoms with Gasteiger partial charge in [-0.1, -0.05) is 17.1 Å². The van der Waals surface area contributed by atoms with Crippen LogP contribution in [0.2, 0.25) is 0 Å². The van der Waals surface area contributed by atoms with Crippen LogP contribution in [0.4, 0.5) is 4.39 Å². The second-order valence-corrected chi connectivity index (χ2v) is 3.77. The zero-order valence-corrected chi connectivity index (χ0v) is 10.3. The van der Waals surface area contributed by atoms with Gasteiger partial charge in [-0.3, -0.25) is 4.68 Å². The number of hydrogen-bond acceptors (Lipinski definition) is 4. The molecule has 2 rings (SSSR count). The van der Waals surface area contributed by atoms with Crippen molar-refractivity contribution in [2.45, 2.75) is 6.61 Å². The normalized spacial score (nSPS) is 9.84. The van der Waals surface area contributed by atoms with E-state index in [4.69, 9.17) is 9.84 Å². The summed E-state index contributed by atoms with van der Waals surface area (Å²) in [4.78, 5) is 0. The first kappa shape index (κ1) is 13.1. The number of aliphatic hydroxyl groups is 1. The summed E-state index contributed by atoms with van der Waals surface area (Å²) >= 11 is 0. The number of hydrogen-bond donors (Lipinski definition) is 1. The number of aliphatic hydroxyl groups excluding tert-OH is 1. The van der Waals surface area contributed by atoms with Crippen LogP contribution in [0.15, 0.2) is 24.4 Å². The predicted octanol–water partition coefficient (Wildman–Crippen LogP) is 0.877. The third-order valence-corrected chi connectivity index (χ3v) is 2.27. The SMILES string of the molecule is Cn1cc(COc2cc(F)ccc2C#CCO)nn1. The summed E-state index contributed by atoms with van der Waals surface area (Å²) < 4.78 is 20.2. The van der Waals surface area contributed by atoms with Gasteiger partial charge in [0, 0.05) is 13.1 Å². The van der Waals surface area contributed by atoms with Crippen molar-refractivity contribution in [1.82, 2.24) is 15.0 Å². The van der Waals surface area contributed by atoms with Gasteiger partial charge in [0.15, 0.2) is 0 Å². The molecule has 0 bridgehead atoms. The van der Waals surface area contributed by atoms with Gasteiger partial charge in [0.2, 0.25) is 0 Å². The Morgan fingerprint density at radius 1 is 1.47 bits per heavy atom. The highest BCUT2D eigenvalue weighted by Crippen LogP contribution is 2.20. The Morgan fingerprint density at radius 3 is 3.00 bits per heavy atom. The molecule has 19 heavy (non-hydrogen) atoms. The van der Waals surface area contributed by atoms with Gasteiger partial charge in [0.05, 0.1) is 11.8 Å². The number of halogens is 1. The van der Waals surface area contributed by atoms with E-state index in [1.54, 1.807) is 17.9 Å². The molecule has 1 aromatic heterocycles. The average molecular weight is 261 g/mol. The van der Waals surface area contributed by atoms with E-state index < -0.39 is 5.82 Å². The minimum absolute atomic E-state index is 0.172. The lowest BCUT2D eigenvalue weighted by molar-refractivity contribution is 0.298. The summed E-state index contributed by atoms with van der Waals surface area (Å²) in [5, 5.41) is 16.3. The number of rotatable bonds is 3. The van der Waals surface area contributed by atoms with Crippen LogP contribution < -0.4 is 4.74 Å². The molecular weight excluding hydrogens is 249 g/mol. The molecule has 2 aromatic rings. The lowest BCUT2D eigenvalue weighted by atomic mass is 10.2. The molecule has 1 N–H and O–H groups in total. The minimum atomic E-state index is -0.413. The van der Waals surface area contributed by atoms with E-state index in [0.29, 0.717) is 17.0 Å². The molecule has 1 aromatic carbocycles. The van der Waals surface area contributed by atoms with Crippen molar-refractivity contribution in [2.24, 2.45) is 7.05 Å². The first-order chi connectivity index (χ1) is 9.19. The van der Waals surface area contributed by atoms with Gasteiger partial charge in [-0.15, -0.1) is 5.10 Å². The van der Waals surface area contributed by atoms with Crippen LogP contribution in [0.5, 0.6) is 5.75 Å². The van der Waals surface area contributed by atoms with Crippen molar-refractivity contribution < 1.29 is 14.2 Å². The molecule has 0 aliphatic carbocycles. The number of benzene rings is 1. The molecule has 1 heterocycles. The summed E-state index contributed by atoms with van der Waals surface area (Å²) in [6, 6.07) is 4.04. The van der Waals surface area contributed by atoms with Gasteiger partial charge in [-0.05, 0) is 12.1 Å². The van der Waals surface area contributed by atoms with Crippen LogP contribution in [-0.2, 0) is 13.7 Å². The highest BCUT2D eigenvalue weighted by atomic mass is 19.1. The maximum absolute atomic E-state index is 13.2. The molecule has 5 nitrogen and oxygen atoms in total. The third-order valence-electron chi connectivity index (χ3n) is 2.27. The third kappa shape index (κ3) is 3.53. The second kappa shape index (κ2) is 5.98. The van der Waals surface area contributed by atoms with Crippen LogP contribution in [0.25, 0.3) is 0 Å². The van der Waals surface area contributed by atoms with E-state index in [9.17, 15) is 4.39 Å². The molecule has 0 saturated heterocycles. The highest BCUT2D eigenvalue weighted by Gasteiger charge is 2.05. The van der Waals surface area contributed by atoms with Gasteiger partial charge < -0.3 is 9.84 Å². The van der Waals surface area contributed by atoms with Gasteiger partial charge in [0.25, 0.3) is 0 Å². The second-order valence-electron chi connectivity index (χ2n) is 3.77. The van der Waals surface area contributed by atoms with E-state index in [2.05, 4.69) is 22.2 Å². The van der Waals surface area contributed by atoms with E-state index in [0.717, 1.165) is 0 Å². The topological polar surface area (TPSA) is 60.2 Å². The number of aromatic nitrogens is 3. The Labute approximate surface area is 109 Å². The van der Waals surface area contributed by atoms with Gasteiger partial charge in [-0.25, -0.2) is 4.39 Å². The Hall–Kier alpha value is -2.39. The van der Waals surface area contributed by atoms with E-state index in [-0.39, 0.29) is 13.2 Å². The predicted molar refractivity (Wildman–Crippen MR) is 65.7 cm³/mol. The Kier molecular flexibility index (Phi) is 4.11. The molecule has 6 heteroatoms. The Morgan fingerprint density at radius 2 is 2.32 bits per heavy atom. The molecule has 0 spiro atoms. The highest BCUT2D eigenvalue weighted by molar-refractivity contribution is 5.46. The fraction of sp³-hybridized carbons (Fsp3) is 0.231. The number of nitrogens with zero attached hydrogens (tertiary/aromatic N) is 3. The summed E-state index contributed by atoms with van der Waals surface area (Å²) in [5.41, 5.74) is 1.15. The smallest absolute Gasteiger partial charge is 0.138 e. The van der Waals surface area contributed by atoms with Crippen molar-refractivity contribution in [3.05, 3.63) is 41.5 Å². The van der Waals surface area contributed by atoms with Crippen molar-refractivity contribution in [1.29, 1.82) is 0 Å². The maximum atomic E-state index is 13.2. The standard InChI is InChI=1S/C13H12FN3O2/c1-17-8-12(15-16-17)9-19-13-7-11(14)5-4-10(13)3-2-6-18/h4-5,7-8,18H,6,9H2,1H3. The molecule has 0 saturated carbocycles. The van der Waals surface area contributed by atoms with Crippen molar-refractivity contribution in [3.63, 3.8) is 0 Å². The summed E-state index contributed by atoms with van der Waals surface area (Å²) in [6.45, 7) is -0.0912. The molecular formula is C13H12FN3O2. The summed E-state index contributed by atoms with van der Waals surface area (Å²) in [7, 11) is 1.75. The first-order valence-electron chi connectivity index (χ1n) is 5.56. The molecule has 0 radical (unpaired) electrons. The molecule has 0 fully saturated rings. The Bertz CT molecular complexity index is 628.